The number of aromatic nitrogens is 2. The van der Waals surface area contributed by atoms with Gasteiger partial charge < -0.3 is 5.32 Å². The van der Waals surface area contributed by atoms with Crippen molar-refractivity contribution in [3.8, 4) is 0 Å². The third-order valence-electron chi connectivity index (χ3n) is 1.79. The van der Waals surface area contributed by atoms with Crippen LogP contribution >= 0.6 is 22.7 Å². The molecule has 0 atom stereocenters. The van der Waals surface area contributed by atoms with Gasteiger partial charge in [-0.3, -0.25) is 0 Å². The molecular formula is C9H11N3S2. The van der Waals surface area contributed by atoms with Crippen molar-refractivity contribution in [2.75, 3.05) is 5.32 Å². The van der Waals surface area contributed by atoms with Gasteiger partial charge in [0.05, 0.1) is 0 Å². The van der Waals surface area contributed by atoms with Crippen molar-refractivity contribution >= 4 is 27.8 Å². The van der Waals surface area contributed by atoms with Crippen LogP contribution in [0.5, 0.6) is 0 Å². The van der Waals surface area contributed by atoms with E-state index in [1.807, 2.05) is 0 Å². The summed E-state index contributed by atoms with van der Waals surface area (Å²) >= 11 is 3.34. The summed E-state index contributed by atoms with van der Waals surface area (Å²) in [7, 11) is 0. The van der Waals surface area contributed by atoms with Gasteiger partial charge in [0.25, 0.3) is 0 Å². The third-order valence-corrected chi connectivity index (χ3v) is 3.55. The maximum atomic E-state index is 4.05. The molecule has 14 heavy (non-hydrogen) atoms. The van der Waals surface area contributed by atoms with Gasteiger partial charge in [0.15, 0.2) is 0 Å². The maximum Gasteiger partial charge on any atom is 0.205 e. The smallest absolute Gasteiger partial charge is 0.205 e. The van der Waals surface area contributed by atoms with Gasteiger partial charge in [0, 0.05) is 6.54 Å². The Labute approximate surface area is 90.8 Å². The number of rotatable bonds is 4. The molecule has 2 aromatic rings. The van der Waals surface area contributed by atoms with Crippen LogP contribution < -0.4 is 5.32 Å². The van der Waals surface area contributed by atoms with Gasteiger partial charge in [0.2, 0.25) is 5.13 Å². The molecule has 2 heterocycles. The summed E-state index contributed by atoms with van der Waals surface area (Å²) in [6, 6.07) is 2.11. The lowest BCUT2D eigenvalue weighted by Crippen LogP contribution is -1.96. The van der Waals surface area contributed by atoms with Crippen LogP contribution in [0.15, 0.2) is 16.8 Å². The van der Waals surface area contributed by atoms with Gasteiger partial charge in [-0.25, -0.2) is 0 Å². The van der Waals surface area contributed by atoms with Crippen LogP contribution in [0.25, 0.3) is 0 Å². The minimum atomic E-state index is 0.835. The third kappa shape index (κ3) is 2.30. The van der Waals surface area contributed by atoms with Gasteiger partial charge in [-0.1, -0.05) is 18.3 Å². The van der Waals surface area contributed by atoms with E-state index in [2.05, 4.69) is 39.3 Å². The minimum Gasteiger partial charge on any atom is -0.356 e. The molecule has 2 rings (SSSR count). The average Bonchev–Trinajstić information content (AvgIpc) is 2.86. The lowest BCUT2D eigenvalue weighted by Gasteiger charge is -1.97. The molecule has 0 unspecified atom stereocenters. The number of aryl methyl sites for hydroxylation is 1. The zero-order valence-electron chi connectivity index (χ0n) is 7.86. The van der Waals surface area contributed by atoms with Crippen LogP contribution in [0.3, 0.4) is 0 Å². The Bertz CT molecular complexity index is 380. The maximum absolute atomic E-state index is 4.05. The molecule has 0 saturated heterocycles. The van der Waals surface area contributed by atoms with E-state index >= 15 is 0 Å². The molecular weight excluding hydrogens is 214 g/mol. The Hall–Kier alpha value is -0.940. The van der Waals surface area contributed by atoms with Crippen LogP contribution in [0.1, 0.15) is 17.5 Å². The van der Waals surface area contributed by atoms with Gasteiger partial charge in [0.1, 0.15) is 5.01 Å². The zero-order chi connectivity index (χ0) is 9.80. The lowest BCUT2D eigenvalue weighted by molar-refractivity contribution is 0.976. The largest absolute Gasteiger partial charge is 0.356 e. The van der Waals surface area contributed by atoms with Crippen molar-refractivity contribution in [2.24, 2.45) is 0 Å². The monoisotopic (exact) mass is 225 g/mol. The zero-order valence-corrected chi connectivity index (χ0v) is 9.49. The highest BCUT2D eigenvalue weighted by Crippen LogP contribution is 2.16. The first-order chi connectivity index (χ1) is 6.88. The molecule has 0 aliphatic carbocycles. The number of hydrogen-bond acceptors (Lipinski definition) is 5. The van der Waals surface area contributed by atoms with E-state index in [0.29, 0.717) is 0 Å². The Morgan fingerprint density at radius 3 is 3.00 bits per heavy atom. The van der Waals surface area contributed by atoms with Crippen molar-refractivity contribution in [1.29, 1.82) is 0 Å². The molecule has 0 aliphatic rings. The first-order valence-corrected chi connectivity index (χ1v) is 6.21. The summed E-state index contributed by atoms with van der Waals surface area (Å²) in [5, 5.41) is 17.5. The fourth-order valence-corrected chi connectivity index (χ4v) is 2.38. The Morgan fingerprint density at radius 1 is 1.43 bits per heavy atom. The second kappa shape index (κ2) is 4.52. The van der Waals surface area contributed by atoms with Crippen LogP contribution in [0.4, 0.5) is 5.13 Å². The topological polar surface area (TPSA) is 37.8 Å². The lowest BCUT2D eigenvalue weighted by atomic mass is 10.3. The van der Waals surface area contributed by atoms with E-state index in [-0.39, 0.29) is 0 Å². The number of thiophene rings is 1. The number of hydrogen-bond donors (Lipinski definition) is 1. The van der Waals surface area contributed by atoms with Gasteiger partial charge in [-0.05, 0) is 28.8 Å². The van der Waals surface area contributed by atoms with Crippen LogP contribution in [0, 0.1) is 0 Å². The SMILES string of the molecule is CCc1nnc(NCc2ccsc2)s1. The Kier molecular flexibility index (Phi) is 3.10. The average molecular weight is 225 g/mol. The summed E-state index contributed by atoms with van der Waals surface area (Å²) in [5.74, 6) is 0. The number of nitrogens with zero attached hydrogens (tertiary/aromatic N) is 2. The summed E-state index contributed by atoms with van der Waals surface area (Å²) in [6.07, 6.45) is 0.956. The molecule has 0 aromatic carbocycles. The van der Waals surface area contributed by atoms with E-state index in [1.165, 1.54) is 5.56 Å². The Morgan fingerprint density at radius 2 is 2.36 bits per heavy atom. The van der Waals surface area contributed by atoms with E-state index in [0.717, 1.165) is 23.1 Å². The molecule has 2 aromatic heterocycles. The molecule has 0 aliphatic heterocycles. The molecule has 0 amide bonds. The second-order valence-corrected chi connectivity index (χ2v) is 4.68. The van der Waals surface area contributed by atoms with Crippen molar-refractivity contribution in [3.05, 3.63) is 27.4 Å². The first kappa shape index (κ1) is 9.61. The van der Waals surface area contributed by atoms with Crippen LogP contribution in [0.2, 0.25) is 0 Å². The predicted molar refractivity (Wildman–Crippen MR) is 60.9 cm³/mol. The molecule has 0 radical (unpaired) electrons. The quantitative estimate of drug-likeness (QED) is 0.869. The van der Waals surface area contributed by atoms with Crippen molar-refractivity contribution in [1.82, 2.24) is 10.2 Å². The molecule has 0 bridgehead atoms. The highest BCUT2D eigenvalue weighted by molar-refractivity contribution is 7.15. The van der Waals surface area contributed by atoms with E-state index < -0.39 is 0 Å². The molecule has 5 heteroatoms. The highest BCUT2D eigenvalue weighted by atomic mass is 32.1. The normalized spacial score (nSPS) is 10.4. The molecule has 74 valence electrons. The fraction of sp³-hybridized carbons (Fsp3) is 0.333. The van der Waals surface area contributed by atoms with E-state index in [9.17, 15) is 0 Å². The van der Waals surface area contributed by atoms with Crippen molar-refractivity contribution in [2.45, 2.75) is 19.9 Å². The van der Waals surface area contributed by atoms with Crippen molar-refractivity contribution < 1.29 is 0 Å². The second-order valence-electron chi connectivity index (χ2n) is 2.84. The van der Waals surface area contributed by atoms with E-state index in [1.54, 1.807) is 22.7 Å². The fourth-order valence-electron chi connectivity index (χ4n) is 1.04. The molecule has 0 saturated carbocycles. The Balaban J connectivity index is 1.92. The van der Waals surface area contributed by atoms with E-state index in [4.69, 9.17) is 0 Å². The first-order valence-electron chi connectivity index (χ1n) is 4.46. The summed E-state index contributed by atoms with van der Waals surface area (Å²) in [5.41, 5.74) is 1.29. The van der Waals surface area contributed by atoms with Crippen LogP contribution in [-0.4, -0.2) is 10.2 Å². The summed E-state index contributed by atoms with van der Waals surface area (Å²) in [4.78, 5) is 0. The minimum absolute atomic E-state index is 0.835. The number of anilines is 1. The predicted octanol–water partition coefficient (Wildman–Crippen LogP) is 2.77. The standard InChI is InChI=1S/C9H11N3S2/c1-2-8-11-12-9(14-8)10-5-7-3-4-13-6-7/h3-4,6H,2,5H2,1H3,(H,10,12). The van der Waals surface area contributed by atoms with Crippen molar-refractivity contribution in [3.63, 3.8) is 0 Å². The molecule has 0 spiro atoms. The molecule has 3 nitrogen and oxygen atoms in total. The highest BCUT2D eigenvalue weighted by Gasteiger charge is 2.01. The van der Waals surface area contributed by atoms with Gasteiger partial charge >= 0.3 is 0 Å². The van der Waals surface area contributed by atoms with Crippen LogP contribution in [-0.2, 0) is 13.0 Å². The molecule has 0 fully saturated rings. The van der Waals surface area contributed by atoms with Gasteiger partial charge in [-0.15, -0.1) is 10.2 Å². The summed E-state index contributed by atoms with van der Waals surface area (Å²) < 4.78 is 0. The number of nitrogens with one attached hydrogen (secondary N) is 1. The summed E-state index contributed by atoms with van der Waals surface area (Å²) in [6.45, 7) is 2.92. The van der Waals surface area contributed by atoms with Gasteiger partial charge in [-0.2, -0.15) is 11.3 Å². The molecule has 1 N–H and O–H groups in total.